The zero-order valence-corrected chi connectivity index (χ0v) is 17.6. The highest BCUT2D eigenvalue weighted by molar-refractivity contribution is 6.31. The first-order valence-electron chi connectivity index (χ1n) is 9.88. The Kier molecular flexibility index (Phi) is 5.95. The van der Waals surface area contributed by atoms with E-state index in [1.807, 2.05) is 6.07 Å². The number of carbonyl (C=O) groups excluding carboxylic acids is 2. The van der Waals surface area contributed by atoms with Gasteiger partial charge in [-0.2, -0.15) is 0 Å². The van der Waals surface area contributed by atoms with Crippen LogP contribution < -0.4 is 10.2 Å². The van der Waals surface area contributed by atoms with Gasteiger partial charge in [0.05, 0.1) is 17.1 Å². The summed E-state index contributed by atoms with van der Waals surface area (Å²) in [5.41, 5.74) is 2.49. The van der Waals surface area contributed by atoms with Gasteiger partial charge in [0.1, 0.15) is 11.6 Å². The lowest BCUT2D eigenvalue weighted by atomic mass is 10.1. The molecule has 0 atom stereocenters. The topological polar surface area (TPSA) is 75.2 Å². The molecule has 1 fully saturated rings. The van der Waals surface area contributed by atoms with E-state index in [1.165, 1.54) is 30.2 Å². The smallest absolute Gasteiger partial charge is 0.229 e. The lowest BCUT2D eigenvalue weighted by molar-refractivity contribution is -0.116. The Bertz CT molecular complexity index is 1150. The van der Waals surface area contributed by atoms with Crippen LogP contribution in [0.3, 0.4) is 0 Å². The third kappa shape index (κ3) is 4.88. The number of amides is 2. The van der Waals surface area contributed by atoms with Crippen LogP contribution in [0.2, 0.25) is 5.02 Å². The number of hydrogen-bond acceptors (Lipinski definition) is 4. The van der Waals surface area contributed by atoms with E-state index < -0.39 is 5.82 Å². The number of carbonyl (C=O) groups is 2. The Labute approximate surface area is 184 Å². The molecule has 0 radical (unpaired) electrons. The van der Waals surface area contributed by atoms with E-state index in [9.17, 15) is 14.0 Å². The number of pyridine rings is 2. The highest BCUT2D eigenvalue weighted by Gasteiger charge is 2.26. The van der Waals surface area contributed by atoms with Crippen molar-refractivity contribution in [3.8, 4) is 0 Å². The molecule has 2 heterocycles. The second-order valence-corrected chi connectivity index (χ2v) is 7.79. The van der Waals surface area contributed by atoms with E-state index >= 15 is 0 Å². The molecule has 0 saturated heterocycles. The number of hydrogen-bond donors (Lipinski definition) is 1. The molecular formula is C23H20ClFN4O2. The molecule has 158 valence electrons. The molecule has 3 aromatic rings. The van der Waals surface area contributed by atoms with Crippen molar-refractivity contribution >= 4 is 40.6 Å². The van der Waals surface area contributed by atoms with E-state index in [-0.39, 0.29) is 23.3 Å². The van der Waals surface area contributed by atoms with Crippen molar-refractivity contribution in [1.82, 2.24) is 9.97 Å². The van der Waals surface area contributed by atoms with E-state index in [1.54, 1.807) is 30.5 Å². The van der Waals surface area contributed by atoms with Crippen LogP contribution in [-0.4, -0.2) is 21.8 Å². The van der Waals surface area contributed by atoms with Crippen molar-refractivity contribution in [3.63, 3.8) is 0 Å². The Morgan fingerprint density at radius 3 is 2.68 bits per heavy atom. The maximum atomic E-state index is 13.6. The fraction of sp³-hybridized carbons (Fsp3) is 0.217. The molecule has 1 saturated carbocycles. The van der Waals surface area contributed by atoms with Gasteiger partial charge in [0.25, 0.3) is 0 Å². The number of nitrogens with zero attached hydrogens (tertiary/aromatic N) is 3. The second-order valence-electron chi connectivity index (χ2n) is 7.41. The predicted octanol–water partition coefficient (Wildman–Crippen LogP) is 5.01. The summed E-state index contributed by atoms with van der Waals surface area (Å²) in [7, 11) is 0. The monoisotopic (exact) mass is 438 g/mol. The summed E-state index contributed by atoms with van der Waals surface area (Å²) in [6, 6.07) is 11.2. The number of nitrogens with one attached hydrogen (secondary N) is 1. The largest absolute Gasteiger partial charge is 0.326 e. The van der Waals surface area contributed by atoms with Crippen LogP contribution in [0.5, 0.6) is 0 Å². The first kappa shape index (κ1) is 20.9. The molecule has 0 aliphatic heterocycles. The van der Waals surface area contributed by atoms with Gasteiger partial charge in [-0.25, -0.2) is 9.37 Å². The molecule has 1 aromatic carbocycles. The molecule has 8 heteroatoms. The molecule has 0 bridgehead atoms. The van der Waals surface area contributed by atoms with Crippen molar-refractivity contribution < 1.29 is 14.0 Å². The first-order chi connectivity index (χ1) is 14.9. The van der Waals surface area contributed by atoms with Gasteiger partial charge in [0, 0.05) is 42.7 Å². The number of aromatic nitrogens is 2. The standard InChI is InChI=1S/C23H20ClFN4O2/c1-14(30)29(18-8-10-26-20(13-18)15-5-6-15)21-12-17(7-9-27-21)28-22(31)11-16-3-2-4-19(25)23(16)24/h2-4,7-10,12-13,15H,5-6,11H2,1H3,(H,27,28,31). The van der Waals surface area contributed by atoms with Crippen LogP contribution in [0.15, 0.2) is 54.9 Å². The number of rotatable bonds is 6. The van der Waals surface area contributed by atoms with Gasteiger partial charge in [0.15, 0.2) is 0 Å². The van der Waals surface area contributed by atoms with Gasteiger partial charge in [-0.3, -0.25) is 19.5 Å². The van der Waals surface area contributed by atoms with Crippen LogP contribution in [0.25, 0.3) is 0 Å². The molecule has 1 N–H and O–H groups in total. The van der Waals surface area contributed by atoms with Gasteiger partial charge < -0.3 is 5.32 Å². The number of halogens is 2. The molecule has 2 aromatic heterocycles. The zero-order chi connectivity index (χ0) is 22.0. The molecular weight excluding hydrogens is 419 g/mol. The SMILES string of the molecule is CC(=O)N(c1ccnc(C2CC2)c1)c1cc(NC(=O)Cc2cccc(F)c2Cl)ccn1. The summed E-state index contributed by atoms with van der Waals surface area (Å²) >= 11 is 5.93. The summed E-state index contributed by atoms with van der Waals surface area (Å²) in [4.78, 5) is 35.0. The molecule has 2 amide bonds. The third-order valence-corrected chi connectivity index (χ3v) is 5.40. The maximum absolute atomic E-state index is 13.6. The quantitative estimate of drug-likeness (QED) is 0.586. The van der Waals surface area contributed by atoms with Gasteiger partial charge in [-0.05, 0) is 42.7 Å². The number of anilines is 3. The van der Waals surface area contributed by atoms with Crippen molar-refractivity contribution in [2.45, 2.75) is 32.1 Å². The fourth-order valence-electron chi connectivity index (χ4n) is 3.34. The van der Waals surface area contributed by atoms with E-state index in [0.717, 1.165) is 18.5 Å². The minimum absolute atomic E-state index is 0.0695. The summed E-state index contributed by atoms with van der Waals surface area (Å²) in [5.74, 6) is -0.323. The molecule has 0 spiro atoms. The fourth-order valence-corrected chi connectivity index (χ4v) is 3.53. The van der Waals surface area contributed by atoms with Gasteiger partial charge >= 0.3 is 0 Å². The lowest BCUT2D eigenvalue weighted by Gasteiger charge is -2.21. The number of benzene rings is 1. The minimum Gasteiger partial charge on any atom is -0.326 e. The predicted molar refractivity (Wildman–Crippen MR) is 117 cm³/mol. The Hall–Kier alpha value is -3.32. The maximum Gasteiger partial charge on any atom is 0.229 e. The second kappa shape index (κ2) is 8.81. The molecule has 4 rings (SSSR count). The summed E-state index contributed by atoms with van der Waals surface area (Å²) in [5, 5.41) is 2.68. The van der Waals surface area contributed by atoms with E-state index in [2.05, 4.69) is 15.3 Å². The van der Waals surface area contributed by atoms with Crippen LogP contribution in [-0.2, 0) is 16.0 Å². The molecule has 31 heavy (non-hydrogen) atoms. The minimum atomic E-state index is -0.571. The molecule has 6 nitrogen and oxygen atoms in total. The zero-order valence-electron chi connectivity index (χ0n) is 16.8. The van der Waals surface area contributed by atoms with Crippen molar-refractivity contribution in [2.75, 3.05) is 10.2 Å². The van der Waals surface area contributed by atoms with Crippen LogP contribution >= 0.6 is 11.6 Å². The average molecular weight is 439 g/mol. The normalized spacial score (nSPS) is 13.0. The van der Waals surface area contributed by atoms with Crippen LogP contribution in [0.4, 0.5) is 21.6 Å². The van der Waals surface area contributed by atoms with Gasteiger partial charge in [-0.1, -0.05) is 23.7 Å². The molecule has 1 aliphatic carbocycles. The summed E-state index contributed by atoms with van der Waals surface area (Å²) in [6.07, 6.45) is 5.32. The Morgan fingerprint density at radius 1 is 1.16 bits per heavy atom. The highest BCUT2D eigenvalue weighted by Crippen LogP contribution is 2.40. The Morgan fingerprint density at radius 2 is 1.94 bits per heavy atom. The summed E-state index contributed by atoms with van der Waals surface area (Å²) < 4.78 is 13.6. The van der Waals surface area contributed by atoms with Crippen LogP contribution in [0, 0.1) is 5.82 Å². The highest BCUT2D eigenvalue weighted by atomic mass is 35.5. The average Bonchev–Trinajstić information content (AvgIpc) is 3.57. The van der Waals surface area contributed by atoms with Gasteiger partial charge in [0.2, 0.25) is 11.8 Å². The van der Waals surface area contributed by atoms with Crippen molar-refractivity contribution in [2.24, 2.45) is 0 Å². The van der Waals surface area contributed by atoms with Crippen molar-refractivity contribution in [1.29, 1.82) is 0 Å². The van der Waals surface area contributed by atoms with Crippen molar-refractivity contribution in [3.05, 3.63) is 77.0 Å². The first-order valence-corrected chi connectivity index (χ1v) is 10.3. The van der Waals surface area contributed by atoms with E-state index in [0.29, 0.717) is 28.7 Å². The van der Waals surface area contributed by atoms with Gasteiger partial charge in [-0.15, -0.1) is 0 Å². The summed E-state index contributed by atoms with van der Waals surface area (Å²) in [6.45, 7) is 1.45. The lowest BCUT2D eigenvalue weighted by Crippen LogP contribution is -2.24. The van der Waals surface area contributed by atoms with Crippen LogP contribution in [0.1, 0.15) is 36.9 Å². The molecule has 1 aliphatic rings. The third-order valence-electron chi connectivity index (χ3n) is 4.97. The van der Waals surface area contributed by atoms with E-state index in [4.69, 9.17) is 11.6 Å². The molecule has 0 unspecified atom stereocenters. The Balaban J connectivity index is 1.55.